The van der Waals surface area contributed by atoms with Crippen LogP contribution in [-0.2, 0) is 0 Å². The Hall–Kier alpha value is -1.49. The van der Waals surface area contributed by atoms with Gasteiger partial charge in [-0.2, -0.15) is 0 Å². The van der Waals surface area contributed by atoms with Crippen molar-refractivity contribution in [1.82, 2.24) is 0 Å². The number of rotatable bonds is 3. The Kier molecular flexibility index (Phi) is 3.22. The van der Waals surface area contributed by atoms with E-state index in [-0.39, 0.29) is 6.04 Å². The van der Waals surface area contributed by atoms with Gasteiger partial charge in [0.25, 0.3) is 0 Å². The van der Waals surface area contributed by atoms with E-state index in [9.17, 15) is 0 Å². The third-order valence-electron chi connectivity index (χ3n) is 2.96. The smallest absolute Gasteiger partial charge is 0.134 e. The average molecular weight is 294 g/mol. The van der Waals surface area contributed by atoms with Crippen LogP contribution in [0.15, 0.2) is 40.1 Å². The van der Waals surface area contributed by atoms with E-state index in [0.29, 0.717) is 10.8 Å². The molecule has 5 heteroatoms. The highest BCUT2D eigenvalue weighted by Crippen LogP contribution is 2.35. The summed E-state index contributed by atoms with van der Waals surface area (Å²) in [5.41, 5.74) is 7.03. The lowest BCUT2D eigenvalue weighted by Gasteiger charge is -2.08. The summed E-state index contributed by atoms with van der Waals surface area (Å²) in [5, 5.41) is 3.59. The molecule has 0 fully saturated rings. The summed E-state index contributed by atoms with van der Waals surface area (Å²) in [6, 6.07) is 9.00. The summed E-state index contributed by atoms with van der Waals surface area (Å²) < 4.78 is 11.1. The molecule has 0 bridgehead atoms. The van der Waals surface area contributed by atoms with E-state index in [4.69, 9.17) is 26.5 Å². The third-order valence-corrected chi connectivity index (χ3v) is 4.18. The molecule has 0 saturated heterocycles. The molecule has 0 aliphatic carbocycles. The molecule has 19 heavy (non-hydrogen) atoms. The van der Waals surface area contributed by atoms with Gasteiger partial charge < -0.3 is 14.9 Å². The topological polar surface area (TPSA) is 48.4 Å². The van der Waals surface area contributed by atoms with Gasteiger partial charge in [0.1, 0.15) is 23.1 Å². The van der Waals surface area contributed by atoms with Crippen LogP contribution in [0.2, 0.25) is 5.02 Å². The Bertz CT molecular complexity index is 719. The quantitative estimate of drug-likeness (QED) is 0.787. The molecule has 2 N–H and O–H groups in total. The van der Waals surface area contributed by atoms with Gasteiger partial charge in [-0.3, -0.25) is 0 Å². The van der Waals surface area contributed by atoms with Gasteiger partial charge in [-0.25, -0.2) is 0 Å². The lowest BCUT2D eigenvalue weighted by molar-refractivity contribution is 0.408. The zero-order valence-electron chi connectivity index (χ0n) is 10.2. The summed E-state index contributed by atoms with van der Waals surface area (Å²) in [6.45, 7) is 0. The lowest BCUT2D eigenvalue weighted by Crippen LogP contribution is -2.10. The second-order valence-corrected chi connectivity index (χ2v) is 5.55. The van der Waals surface area contributed by atoms with Gasteiger partial charge in [0.2, 0.25) is 0 Å². The van der Waals surface area contributed by atoms with Gasteiger partial charge >= 0.3 is 0 Å². The van der Waals surface area contributed by atoms with Crippen LogP contribution in [0.5, 0.6) is 5.75 Å². The van der Waals surface area contributed by atoms with Crippen molar-refractivity contribution < 1.29 is 9.15 Å². The van der Waals surface area contributed by atoms with E-state index in [1.54, 1.807) is 24.5 Å². The Morgan fingerprint density at radius 1 is 1.32 bits per heavy atom. The number of ether oxygens (including phenoxy) is 1. The van der Waals surface area contributed by atoms with Crippen molar-refractivity contribution in [2.24, 2.45) is 5.73 Å². The van der Waals surface area contributed by atoms with Crippen molar-refractivity contribution in [2.45, 2.75) is 6.04 Å². The molecule has 0 amide bonds. The molecule has 2 aromatic heterocycles. The summed E-state index contributed by atoms with van der Waals surface area (Å²) in [6.07, 6.45) is 0. The summed E-state index contributed by atoms with van der Waals surface area (Å²) in [5.74, 6) is 1.49. The van der Waals surface area contributed by atoms with Gasteiger partial charge in [0, 0.05) is 10.4 Å². The minimum absolute atomic E-state index is 0.332. The fourth-order valence-electron chi connectivity index (χ4n) is 2.02. The van der Waals surface area contributed by atoms with E-state index in [1.807, 2.05) is 29.6 Å². The van der Waals surface area contributed by atoms with Gasteiger partial charge in [0.05, 0.1) is 12.0 Å². The van der Waals surface area contributed by atoms with Crippen molar-refractivity contribution in [1.29, 1.82) is 0 Å². The highest BCUT2D eigenvalue weighted by molar-refractivity contribution is 7.10. The van der Waals surface area contributed by atoms with E-state index < -0.39 is 0 Å². The fourth-order valence-corrected chi connectivity index (χ4v) is 3.07. The van der Waals surface area contributed by atoms with E-state index >= 15 is 0 Å². The van der Waals surface area contributed by atoms with Gasteiger partial charge in [0.15, 0.2) is 0 Å². The number of benzene rings is 1. The molecule has 98 valence electrons. The number of thiophene rings is 1. The van der Waals surface area contributed by atoms with E-state index in [1.165, 1.54) is 0 Å². The van der Waals surface area contributed by atoms with Gasteiger partial charge in [-0.05, 0) is 35.7 Å². The number of fused-ring (bicyclic) bond motifs is 1. The Balaban J connectivity index is 2.04. The van der Waals surface area contributed by atoms with Crippen LogP contribution in [-0.4, -0.2) is 7.11 Å². The second-order valence-electron chi connectivity index (χ2n) is 4.16. The normalized spacial score (nSPS) is 12.8. The zero-order valence-corrected chi connectivity index (χ0v) is 11.8. The first-order valence-corrected chi connectivity index (χ1v) is 7.01. The predicted octanol–water partition coefficient (Wildman–Crippen LogP) is 4.20. The van der Waals surface area contributed by atoms with Gasteiger partial charge in [-0.1, -0.05) is 11.6 Å². The molecule has 3 rings (SSSR count). The molecule has 3 nitrogen and oxygen atoms in total. The maximum Gasteiger partial charge on any atom is 0.134 e. The SMILES string of the molecule is COc1ccsc1C(N)c1cc2cc(Cl)ccc2o1. The first-order chi connectivity index (χ1) is 9.19. The van der Waals surface area contributed by atoms with Crippen LogP contribution in [0.4, 0.5) is 0 Å². The van der Waals surface area contributed by atoms with Crippen molar-refractivity contribution in [3.63, 3.8) is 0 Å². The monoisotopic (exact) mass is 293 g/mol. The zero-order chi connectivity index (χ0) is 13.4. The van der Waals surface area contributed by atoms with Crippen LogP contribution in [0.1, 0.15) is 16.7 Å². The molecule has 0 saturated carbocycles. The number of hydrogen-bond donors (Lipinski definition) is 1. The molecule has 1 aromatic carbocycles. The van der Waals surface area contributed by atoms with Gasteiger partial charge in [-0.15, -0.1) is 11.3 Å². The van der Waals surface area contributed by atoms with E-state index in [2.05, 4.69) is 0 Å². The highest BCUT2D eigenvalue weighted by Gasteiger charge is 2.19. The molecule has 0 aliphatic rings. The minimum atomic E-state index is -0.332. The number of nitrogens with two attached hydrogens (primary N) is 1. The van der Waals surface area contributed by atoms with Crippen molar-refractivity contribution >= 4 is 33.9 Å². The predicted molar refractivity (Wildman–Crippen MR) is 78.1 cm³/mol. The average Bonchev–Trinajstić information content (AvgIpc) is 3.03. The number of halogens is 1. The summed E-state index contributed by atoms with van der Waals surface area (Å²) in [7, 11) is 1.64. The molecule has 0 aliphatic heterocycles. The van der Waals surface area contributed by atoms with Crippen LogP contribution in [0, 0.1) is 0 Å². The Morgan fingerprint density at radius 2 is 2.16 bits per heavy atom. The molecule has 1 unspecified atom stereocenters. The van der Waals surface area contributed by atoms with Crippen LogP contribution in [0.25, 0.3) is 11.0 Å². The lowest BCUT2D eigenvalue weighted by atomic mass is 10.1. The van der Waals surface area contributed by atoms with Crippen LogP contribution >= 0.6 is 22.9 Å². The second kappa shape index (κ2) is 4.89. The minimum Gasteiger partial charge on any atom is -0.496 e. The summed E-state index contributed by atoms with van der Waals surface area (Å²) >= 11 is 7.52. The first-order valence-electron chi connectivity index (χ1n) is 5.75. The van der Waals surface area contributed by atoms with Crippen molar-refractivity contribution in [3.8, 4) is 5.75 Å². The molecule has 3 aromatic rings. The van der Waals surface area contributed by atoms with Crippen LogP contribution < -0.4 is 10.5 Å². The molecule has 2 heterocycles. The molecule has 1 atom stereocenters. The number of hydrogen-bond acceptors (Lipinski definition) is 4. The van der Waals surface area contributed by atoms with Crippen molar-refractivity contribution in [3.05, 3.63) is 51.4 Å². The first kappa shape index (κ1) is 12.5. The molecular weight excluding hydrogens is 282 g/mol. The standard InChI is InChI=1S/C14H12ClNO2S/c1-17-11-4-5-19-14(11)13(16)12-7-8-6-9(15)2-3-10(8)18-12/h2-7,13H,16H2,1H3. The number of methoxy groups -OCH3 is 1. The summed E-state index contributed by atoms with van der Waals surface area (Å²) in [4.78, 5) is 0.952. The Morgan fingerprint density at radius 3 is 2.95 bits per heavy atom. The fraction of sp³-hybridized carbons (Fsp3) is 0.143. The maximum absolute atomic E-state index is 6.24. The maximum atomic E-state index is 6.24. The van der Waals surface area contributed by atoms with Crippen LogP contribution in [0.3, 0.4) is 0 Å². The highest BCUT2D eigenvalue weighted by atomic mass is 35.5. The molecule has 0 radical (unpaired) electrons. The Labute approximate surface area is 119 Å². The molecule has 0 spiro atoms. The largest absolute Gasteiger partial charge is 0.496 e. The molecular formula is C14H12ClNO2S. The van der Waals surface area contributed by atoms with E-state index in [0.717, 1.165) is 21.6 Å². The third kappa shape index (κ3) is 2.23. The van der Waals surface area contributed by atoms with Crippen molar-refractivity contribution in [2.75, 3.05) is 7.11 Å². The number of furan rings is 1.